The van der Waals surface area contributed by atoms with E-state index in [1.807, 2.05) is 13.0 Å². The molecule has 0 aliphatic heterocycles. The number of carbonyl (C=O) groups excluding carboxylic acids is 1. The second kappa shape index (κ2) is 9.21. The van der Waals surface area contributed by atoms with E-state index in [9.17, 15) is 14.7 Å². The topological polar surface area (TPSA) is 86.6 Å². The quantitative estimate of drug-likeness (QED) is 0.571. The third-order valence-electron chi connectivity index (χ3n) is 3.61. The summed E-state index contributed by atoms with van der Waals surface area (Å²) in [5.41, 5.74) is 0.371. The van der Waals surface area contributed by atoms with Crippen LogP contribution >= 0.6 is 0 Å². The number of amides is 1. The van der Waals surface area contributed by atoms with Crippen LogP contribution in [0.5, 0.6) is 0 Å². The number of hydrogen-bond acceptors (Lipinski definition) is 3. The minimum Gasteiger partial charge on any atom is -0.511 e. The average molecular weight is 295 g/mol. The zero-order valence-corrected chi connectivity index (χ0v) is 12.6. The van der Waals surface area contributed by atoms with Crippen molar-refractivity contribution < 1.29 is 19.8 Å². The third kappa shape index (κ3) is 6.47. The minimum atomic E-state index is -0.745. The Kier molecular flexibility index (Phi) is 7.58. The standard InChI is InChI=1S/C16H25NO4/c1-12-8-7-9-13(15(12)20)16(21)17-11-6-4-2-3-5-10-14(18)19/h7,9,12,20H,2-6,8,10-11H2,1H3,(H,17,21)(H,18,19). The van der Waals surface area contributed by atoms with Crippen LogP contribution in [0.2, 0.25) is 0 Å². The molecule has 3 N–H and O–H groups in total. The third-order valence-corrected chi connectivity index (χ3v) is 3.61. The van der Waals surface area contributed by atoms with Crippen LogP contribution < -0.4 is 5.32 Å². The number of nitrogens with one attached hydrogen (secondary N) is 1. The van der Waals surface area contributed by atoms with Gasteiger partial charge in [-0.05, 0) is 19.3 Å². The lowest BCUT2D eigenvalue weighted by Crippen LogP contribution is -2.27. The van der Waals surface area contributed by atoms with Crippen LogP contribution in [0.1, 0.15) is 51.9 Å². The summed E-state index contributed by atoms with van der Waals surface area (Å²) >= 11 is 0. The molecule has 0 saturated carbocycles. The number of allylic oxidation sites excluding steroid dienone is 2. The molecule has 0 aromatic rings. The molecule has 0 heterocycles. The summed E-state index contributed by atoms with van der Waals surface area (Å²) in [7, 11) is 0. The SMILES string of the molecule is CC1CC=CC(C(=O)NCCCCCCCC(=O)O)=C1O. The molecular weight excluding hydrogens is 270 g/mol. The summed E-state index contributed by atoms with van der Waals surface area (Å²) in [5, 5.41) is 21.2. The molecule has 0 radical (unpaired) electrons. The largest absolute Gasteiger partial charge is 0.511 e. The lowest BCUT2D eigenvalue weighted by atomic mass is 9.95. The van der Waals surface area contributed by atoms with E-state index in [0.29, 0.717) is 18.5 Å². The van der Waals surface area contributed by atoms with Gasteiger partial charge in [0.15, 0.2) is 0 Å². The highest BCUT2D eigenvalue weighted by Gasteiger charge is 2.19. The van der Waals surface area contributed by atoms with E-state index in [1.54, 1.807) is 6.08 Å². The summed E-state index contributed by atoms with van der Waals surface area (Å²) in [6.07, 6.45) is 9.01. The highest BCUT2D eigenvalue weighted by molar-refractivity contribution is 5.96. The Morgan fingerprint density at radius 2 is 1.90 bits per heavy atom. The fourth-order valence-corrected chi connectivity index (χ4v) is 2.27. The van der Waals surface area contributed by atoms with Crippen LogP contribution in [0, 0.1) is 5.92 Å². The van der Waals surface area contributed by atoms with Crippen molar-refractivity contribution in [2.24, 2.45) is 5.92 Å². The Morgan fingerprint density at radius 1 is 1.24 bits per heavy atom. The number of aliphatic carboxylic acids is 1. The molecule has 1 amide bonds. The smallest absolute Gasteiger partial charge is 0.303 e. The summed E-state index contributed by atoms with van der Waals surface area (Å²) in [6.45, 7) is 2.47. The number of hydrogen-bond donors (Lipinski definition) is 3. The van der Waals surface area contributed by atoms with Crippen molar-refractivity contribution in [3.8, 4) is 0 Å². The predicted octanol–water partition coefficient (Wildman–Crippen LogP) is 2.94. The van der Waals surface area contributed by atoms with Crippen molar-refractivity contribution in [3.63, 3.8) is 0 Å². The molecule has 5 nitrogen and oxygen atoms in total. The van der Waals surface area contributed by atoms with E-state index >= 15 is 0 Å². The van der Waals surface area contributed by atoms with Gasteiger partial charge < -0.3 is 15.5 Å². The van der Waals surface area contributed by atoms with Gasteiger partial charge >= 0.3 is 5.97 Å². The van der Waals surface area contributed by atoms with Gasteiger partial charge in [-0.25, -0.2) is 0 Å². The Morgan fingerprint density at radius 3 is 2.62 bits per heavy atom. The molecule has 1 aliphatic carbocycles. The lowest BCUT2D eigenvalue weighted by Gasteiger charge is -2.16. The molecule has 1 atom stereocenters. The summed E-state index contributed by atoms with van der Waals surface area (Å²) < 4.78 is 0. The second-order valence-electron chi connectivity index (χ2n) is 5.51. The van der Waals surface area contributed by atoms with Crippen molar-refractivity contribution in [1.29, 1.82) is 0 Å². The van der Waals surface area contributed by atoms with Crippen molar-refractivity contribution in [2.75, 3.05) is 6.54 Å². The number of aliphatic hydroxyl groups is 1. The Balaban J connectivity index is 2.13. The van der Waals surface area contributed by atoms with Crippen molar-refractivity contribution in [2.45, 2.75) is 51.9 Å². The fraction of sp³-hybridized carbons (Fsp3) is 0.625. The van der Waals surface area contributed by atoms with E-state index in [0.717, 1.165) is 32.1 Å². The normalized spacial score (nSPS) is 17.9. The number of carboxylic acid groups (broad SMARTS) is 1. The number of unbranched alkanes of at least 4 members (excludes halogenated alkanes) is 4. The lowest BCUT2D eigenvalue weighted by molar-refractivity contribution is -0.137. The zero-order valence-electron chi connectivity index (χ0n) is 12.6. The van der Waals surface area contributed by atoms with Gasteiger partial charge in [-0.1, -0.05) is 38.3 Å². The fourth-order valence-electron chi connectivity index (χ4n) is 2.27. The Hall–Kier alpha value is -1.78. The molecule has 0 spiro atoms. The molecule has 1 aliphatic rings. The van der Waals surface area contributed by atoms with Crippen LogP contribution in [-0.2, 0) is 9.59 Å². The van der Waals surface area contributed by atoms with Crippen molar-refractivity contribution >= 4 is 11.9 Å². The molecule has 118 valence electrons. The minimum absolute atomic E-state index is 0.00462. The second-order valence-corrected chi connectivity index (χ2v) is 5.51. The summed E-state index contributed by atoms with van der Waals surface area (Å²) in [4.78, 5) is 22.3. The molecule has 5 heteroatoms. The number of rotatable bonds is 9. The van der Waals surface area contributed by atoms with Gasteiger partial charge in [0.05, 0.1) is 5.57 Å². The maximum atomic E-state index is 11.9. The van der Waals surface area contributed by atoms with Crippen LogP contribution in [-0.4, -0.2) is 28.6 Å². The van der Waals surface area contributed by atoms with Crippen LogP contribution in [0.3, 0.4) is 0 Å². The molecule has 0 aromatic carbocycles. The van der Waals surface area contributed by atoms with Gasteiger partial charge in [0.1, 0.15) is 5.76 Å². The first kappa shape index (κ1) is 17.3. The molecule has 21 heavy (non-hydrogen) atoms. The van der Waals surface area contributed by atoms with E-state index in [1.165, 1.54) is 0 Å². The van der Waals surface area contributed by atoms with Gasteiger partial charge in [-0.2, -0.15) is 0 Å². The van der Waals surface area contributed by atoms with Crippen molar-refractivity contribution in [1.82, 2.24) is 5.32 Å². The highest BCUT2D eigenvalue weighted by Crippen LogP contribution is 2.22. The first-order valence-electron chi connectivity index (χ1n) is 7.62. The number of carboxylic acids is 1. The van der Waals surface area contributed by atoms with E-state index in [-0.39, 0.29) is 24.0 Å². The van der Waals surface area contributed by atoms with Crippen LogP contribution in [0.25, 0.3) is 0 Å². The van der Waals surface area contributed by atoms with E-state index in [4.69, 9.17) is 5.11 Å². The maximum Gasteiger partial charge on any atom is 0.303 e. The Labute approximate surface area is 125 Å². The monoisotopic (exact) mass is 295 g/mol. The molecule has 1 unspecified atom stereocenters. The van der Waals surface area contributed by atoms with E-state index < -0.39 is 5.97 Å². The van der Waals surface area contributed by atoms with E-state index in [2.05, 4.69) is 5.32 Å². The van der Waals surface area contributed by atoms with Crippen LogP contribution in [0.4, 0.5) is 0 Å². The molecular formula is C16H25NO4. The van der Waals surface area contributed by atoms with Crippen molar-refractivity contribution in [3.05, 3.63) is 23.5 Å². The molecule has 1 rings (SSSR count). The molecule has 0 fully saturated rings. The van der Waals surface area contributed by atoms with Gasteiger partial charge in [0.25, 0.3) is 5.91 Å². The number of carbonyl (C=O) groups is 2. The average Bonchev–Trinajstić information content (AvgIpc) is 2.44. The van der Waals surface area contributed by atoms with Gasteiger partial charge in [-0.15, -0.1) is 0 Å². The predicted molar refractivity (Wildman–Crippen MR) is 80.9 cm³/mol. The van der Waals surface area contributed by atoms with Gasteiger partial charge in [-0.3, -0.25) is 9.59 Å². The Bertz CT molecular complexity index is 426. The zero-order chi connectivity index (χ0) is 15.7. The first-order valence-corrected chi connectivity index (χ1v) is 7.62. The first-order chi connectivity index (χ1) is 10.0. The maximum absolute atomic E-state index is 11.9. The summed E-state index contributed by atoms with van der Waals surface area (Å²) in [5.74, 6) is -0.792. The highest BCUT2D eigenvalue weighted by atomic mass is 16.4. The number of aliphatic hydroxyl groups excluding tert-OH is 1. The molecule has 0 bridgehead atoms. The molecule has 0 saturated heterocycles. The van der Waals surface area contributed by atoms with Gasteiger partial charge in [0, 0.05) is 18.9 Å². The molecule has 0 aromatic heterocycles. The van der Waals surface area contributed by atoms with Gasteiger partial charge in [0.2, 0.25) is 0 Å². The summed E-state index contributed by atoms with van der Waals surface area (Å²) in [6, 6.07) is 0. The van der Waals surface area contributed by atoms with Crippen LogP contribution in [0.15, 0.2) is 23.5 Å².